The van der Waals surface area contributed by atoms with Crippen LogP contribution in [0.25, 0.3) is 0 Å². The Labute approximate surface area is 189 Å². The molecule has 0 heterocycles. The van der Waals surface area contributed by atoms with Gasteiger partial charge in [0.05, 0.1) is 5.75 Å². The smallest absolute Gasteiger partial charge is 0.242 e. The number of aryl methyl sites for hydroxylation is 1. The molecular weight excluding hydrogens is 416 g/mol. The first-order valence-corrected chi connectivity index (χ1v) is 11.9. The van der Waals surface area contributed by atoms with Gasteiger partial charge in [0.1, 0.15) is 6.04 Å². The lowest BCUT2D eigenvalue weighted by molar-refractivity contribution is -0.138. The van der Waals surface area contributed by atoms with E-state index in [1.165, 1.54) is 11.8 Å². The lowest BCUT2D eigenvalue weighted by Crippen LogP contribution is -2.48. The van der Waals surface area contributed by atoms with E-state index in [0.717, 1.165) is 29.5 Å². The average molecular weight is 447 g/mol. The average Bonchev–Trinajstić information content (AvgIpc) is 2.72. The van der Waals surface area contributed by atoms with Crippen LogP contribution in [0.15, 0.2) is 48.5 Å². The van der Waals surface area contributed by atoms with Crippen molar-refractivity contribution in [2.75, 3.05) is 12.3 Å². The molecule has 0 spiro atoms. The number of carbonyl (C=O) groups is 2. The summed E-state index contributed by atoms with van der Waals surface area (Å²) < 4.78 is 0. The molecule has 0 saturated carbocycles. The Morgan fingerprint density at radius 3 is 2.63 bits per heavy atom. The molecule has 2 rings (SSSR count). The molecule has 0 aliphatic heterocycles. The quantitative estimate of drug-likeness (QED) is 0.481. The maximum atomic E-state index is 13.1. The number of amides is 2. The van der Waals surface area contributed by atoms with Crippen LogP contribution >= 0.6 is 23.4 Å². The maximum absolute atomic E-state index is 13.1. The molecule has 0 bridgehead atoms. The molecule has 6 heteroatoms. The van der Waals surface area contributed by atoms with Crippen LogP contribution in [0, 0.1) is 6.92 Å². The molecule has 2 aromatic carbocycles. The number of rotatable bonds is 11. The van der Waals surface area contributed by atoms with Gasteiger partial charge in [-0.15, -0.1) is 11.8 Å². The van der Waals surface area contributed by atoms with E-state index in [9.17, 15) is 9.59 Å². The summed E-state index contributed by atoms with van der Waals surface area (Å²) in [5.74, 6) is 0.862. The number of halogens is 1. The van der Waals surface area contributed by atoms with Crippen molar-refractivity contribution in [2.24, 2.45) is 0 Å². The van der Waals surface area contributed by atoms with E-state index in [-0.39, 0.29) is 11.8 Å². The first-order valence-electron chi connectivity index (χ1n) is 10.4. The van der Waals surface area contributed by atoms with E-state index < -0.39 is 6.04 Å². The highest BCUT2D eigenvalue weighted by atomic mass is 35.5. The van der Waals surface area contributed by atoms with Crippen molar-refractivity contribution < 1.29 is 9.59 Å². The maximum Gasteiger partial charge on any atom is 0.242 e. The van der Waals surface area contributed by atoms with Gasteiger partial charge in [-0.1, -0.05) is 61.3 Å². The van der Waals surface area contributed by atoms with Crippen LogP contribution in [0.4, 0.5) is 0 Å². The molecule has 0 aliphatic carbocycles. The van der Waals surface area contributed by atoms with Gasteiger partial charge in [-0.3, -0.25) is 9.59 Å². The summed E-state index contributed by atoms with van der Waals surface area (Å²) in [6.45, 7) is 6.97. The number of nitrogens with zero attached hydrogens (tertiary/aromatic N) is 1. The van der Waals surface area contributed by atoms with Crippen molar-refractivity contribution in [3.05, 3.63) is 70.2 Å². The summed E-state index contributed by atoms with van der Waals surface area (Å²) in [5.41, 5.74) is 3.25. The topological polar surface area (TPSA) is 49.4 Å². The lowest BCUT2D eigenvalue weighted by atomic mass is 10.1. The highest BCUT2D eigenvalue weighted by molar-refractivity contribution is 7.99. The Bertz CT molecular complexity index is 843. The van der Waals surface area contributed by atoms with Gasteiger partial charge in [0, 0.05) is 23.9 Å². The molecule has 0 aliphatic rings. The lowest BCUT2D eigenvalue weighted by Gasteiger charge is -2.29. The van der Waals surface area contributed by atoms with Gasteiger partial charge in [-0.25, -0.2) is 0 Å². The van der Waals surface area contributed by atoms with E-state index >= 15 is 0 Å². The summed E-state index contributed by atoms with van der Waals surface area (Å²) in [5, 5.41) is 3.65. The molecule has 0 aromatic heterocycles. The molecule has 1 N–H and O–H groups in total. The summed E-state index contributed by atoms with van der Waals surface area (Å²) in [4.78, 5) is 27.4. The number of unbranched alkanes of at least 4 members (excludes halogenated alkanes) is 1. The molecule has 0 fully saturated rings. The monoisotopic (exact) mass is 446 g/mol. The second kappa shape index (κ2) is 12.7. The third kappa shape index (κ3) is 7.69. The van der Waals surface area contributed by atoms with Crippen molar-refractivity contribution in [3.63, 3.8) is 0 Å². The van der Waals surface area contributed by atoms with Crippen molar-refractivity contribution in [1.82, 2.24) is 10.2 Å². The number of hydrogen-bond donors (Lipinski definition) is 1. The van der Waals surface area contributed by atoms with Crippen LogP contribution in [0.1, 0.15) is 43.4 Å². The van der Waals surface area contributed by atoms with Crippen molar-refractivity contribution >= 4 is 35.2 Å². The van der Waals surface area contributed by atoms with E-state index in [4.69, 9.17) is 11.6 Å². The third-order valence-corrected chi connectivity index (χ3v) is 6.21. The van der Waals surface area contributed by atoms with Crippen molar-refractivity contribution in [1.29, 1.82) is 0 Å². The fourth-order valence-electron chi connectivity index (χ4n) is 3.06. The Balaban J connectivity index is 2.05. The minimum Gasteiger partial charge on any atom is -0.354 e. The normalized spacial score (nSPS) is 11.7. The minimum absolute atomic E-state index is 0.0385. The van der Waals surface area contributed by atoms with Crippen LogP contribution < -0.4 is 5.32 Å². The first-order chi connectivity index (χ1) is 14.4. The highest BCUT2D eigenvalue weighted by Gasteiger charge is 2.26. The molecule has 0 radical (unpaired) electrons. The van der Waals surface area contributed by atoms with Gasteiger partial charge in [-0.05, 0) is 49.1 Å². The van der Waals surface area contributed by atoms with E-state index in [1.54, 1.807) is 11.8 Å². The van der Waals surface area contributed by atoms with Crippen LogP contribution in [-0.2, 0) is 21.9 Å². The van der Waals surface area contributed by atoms with E-state index in [1.807, 2.05) is 55.5 Å². The van der Waals surface area contributed by atoms with Crippen LogP contribution in [-0.4, -0.2) is 35.1 Å². The second-order valence-corrected chi connectivity index (χ2v) is 8.81. The zero-order chi connectivity index (χ0) is 21.9. The zero-order valence-electron chi connectivity index (χ0n) is 18.0. The summed E-state index contributed by atoms with van der Waals surface area (Å²) in [6.07, 6.45) is 1.94. The molecule has 2 aromatic rings. The van der Waals surface area contributed by atoms with Gasteiger partial charge in [0.25, 0.3) is 0 Å². The fraction of sp³-hybridized carbons (Fsp3) is 0.417. The standard InChI is InChI=1S/C24H31ClN2O2S/c1-4-5-13-26-24(29)19(3)27(15-21-11-7-6-9-18(21)2)23(28)17-30-16-20-10-8-12-22(25)14-20/h6-12,14,19H,4-5,13,15-17H2,1-3H3,(H,26,29)/t19-/m0/s1. The van der Waals surface area contributed by atoms with Crippen LogP contribution in [0.2, 0.25) is 5.02 Å². The number of nitrogens with one attached hydrogen (secondary N) is 1. The summed E-state index contributed by atoms with van der Waals surface area (Å²) in [7, 11) is 0. The number of hydrogen-bond acceptors (Lipinski definition) is 3. The Hall–Kier alpha value is -1.98. The van der Waals surface area contributed by atoms with E-state index in [0.29, 0.717) is 29.6 Å². The predicted octanol–water partition coefficient (Wildman–Crippen LogP) is 5.22. The molecule has 4 nitrogen and oxygen atoms in total. The van der Waals surface area contributed by atoms with Crippen molar-refractivity contribution in [2.45, 2.75) is 52.0 Å². The molecule has 30 heavy (non-hydrogen) atoms. The SMILES string of the molecule is CCCCNC(=O)[C@H](C)N(Cc1ccccc1C)C(=O)CSCc1cccc(Cl)c1. The molecule has 0 saturated heterocycles. The minimum atomic E-state index is -0.527. The highest BCUT2D eigenvalue weighted by Crippen LogP contribution is 2.19. The predicted molar refractivity (Wildman–Crippen MR) is 127 cm³/mol. The Kier molecular flexibility index (Phi) is 10.2. The van der Waals surface area contributed by atoms with Gasteiger partial charge in [0.2, 0.25) is 11.8 Å². The number of thioether (sulfide) groups is 1. The van der Waals surface area contributed by atoms with Crippen LogP contribution in [0.5, 0.6) is 0 Å². The molecule has 0 unspecified atom stereocenters. The second-order valence-electron chi connectivity index (χ2n) is 7.39. The number of carbonyl (C=O) groups excluding carboxylic acids is 2. The van der Waals surface area contributed by atoms with Gasteiger partial charge >= 0.3 is 0 Å². The molecular formula is C24H31ClN2O2S. The van der Waals surface area contributed by atoms with Gasteiger partial charge < -0.3 is 10.2 Å². The zero-order valence-corrected chi connectivity index (χ0v) is 19.6. The van der Waals surface area contributed by atoms with Crippen molar-refractivity contribution in [3.8, 4) is 0 Å². The summed E-state index contributed by atoms with van der Waals surface area (Å²) >= 11 is 7.58. The van der Waals surface area contributed by atoms with Gasteiger partial charge in [0.15, 0.2) is 0 Å². The van der Waals surface area contributed by atoms with Crippen LogP contribution in [0.3, 0.4) is 0 Å². The Morgan fingerprint density at radius 1 is 1.17 bits per heavy atom. The first kappa shape index (κ1) is 24.3. The number of benzene rings is 2. The molecule has 162 valence electrons. The third-order valence-electron chi connectivity index (χ3n) is 4.98. The molecule has 2 amide bonds. The van der Waals surface area contributed by atoms with Gasteiger partial charge in [-0.2, -0.15) is 0 Å². The Morgan fingerprint density at radius 2 is 1.93 bits per heavy atom. The van der Waals surface area contributed by atoms with E-state index in [2.05, 4.69) is 12.2 Å². The summed E-state index contributed by atoms with van der Waals surface area (Å²) in [6, 6.07) is 15.1. The fourth-order valence-corrected chi connectivity index (χ4v) is 4.13. The molecule has 1 atom stereocenters. The largest absolute Gasteiger partial charge is 0.354 e.